The van der Waals surface area contributed by atoms with Crippen LogP contribution in [-0.2, 0) is 19.6 Å². The number of thiocarbonyl (C=S) groups is 3. The quantitative estimate of drug-likeness (QED) is 0.0310. The second kappa shape index (κ2) is 34.1. The Morgan fingerprint density at radius 3 is 1.25 bits per heavy atom. The Morgan fingerprint density at radius 2 is 0.892 bits per heavy atom. The van der Waals surface area contributed by atoms with Crippen LogP contribution in [0.25, 0.3) is 66.5 Å². The molecule has 462 valence electrons. The van der Waals surface area contributed by atoms with E-state index in [0.29, 0.717) is 45.7 Å². The number of methoxy groups -OCH3 is 3. The van der Waals surface area contributed by atoms with E-state index in [2.05, 4.69) is 78.9 Å². The number of nitrogens with zero attached hydrogens (tertiary/aromatic N) is 7. The molecule has 0 bridgehead atoms. The maximum Gasteiger partial charge on any atom is 1.00 e. The number of rotatable bonds is 13. The molecule has 11 rings (SSSR count). The Balaban J connectivity index is 0.000000206. The molecule has 93 heavy (non-hydrogen) atoms. The third kappa shape index (κ3) is 16.7. The van der Waals surface area contributed by atoms with Gasteiger partial charge in [0.25, 0.3) is 11.8 Å². The molecule has 0 aliphatic rings. The molecule has 2 amide bonds. The fourth-order valence-electron chi connectivity index (χ4n) is 10.5. The minimum atomic E-state index is -0.347. The van der Waals surface area contributed by atoms with Crippen LogP contribution in [0.15, 0.2) is 193 Å². The summed E-state index contributed by atoms with van der Waals surface area (Å²) in [6.07, 6.45) is 0. The number of aromatic nitrogens is 3. The molecule has 8 aromatic carbocycles. The van der Waals surface area contributed by atoms with Crippen molar-refractivity contribution in [3.05, 3.63) is 216 Å². The van der Waals surface area contributed by atoms with Crippen molar-refractivity contribution in [2.75, 3.05) is 37.7 Å². The van der Waals surface area contributed by atoms with E-state index in [9.17, 15) is 25.4 Å². The van der Waals surface area contributed by atoms with E-state index in [0.717, 1.165) is 103 Å². The number of nitrogens with one attached hydrogen (secondary N) is 3. The molecule has 0 saturated heterocycles. The number of carbonyl (C=O) groups is 2. The van der Waals surface area contributed by atoms with E-state index < -0.39 is 0 Å². The predicted octanol–water partition coefficient (Wildman–Crippen LogP) is 11.7. The first-order valence-corrected chi connectivity index (χ1v) is 29.7. The largest absolute Gasteiger partial charge is 1.00 e. The molecule has 22 heteroatoms. The van der Waals surface area contributed by atoms with E-state index in [1.165, 1.54) is 0 Å². The van der Waals surface area contributed by atoms with Gasteiger partial charge in [-0.25, -0.2) is 0 Å². The average Bonchev–Trinajstić information content (AvgIpc) is 1.65. The van der Waals surface area contributed by atoms with Crippen LogP contribution < -0.4 is 71.2 Å². The van der Waals surface area contributed by atoms with E-state index in [4.69, 9.17) is 50.1 Å². The predicted molar refractivity (Wildman–Crippen MR) is 376 cm³/mol. The zero-order chi connectivity index (χ0) is 65.1. The molecule has 0 saturated carbocycles. The molecule has 0 spiro atoms. The molecule has 8 N–H and O–H groups in total. The van der Waals surface area contributed by atoms with Crippen LogP contribution in [0.3, 0.4) is 0 Å². The van der Waals surface area contributed by atoms with Gasteiger partial charge in [-0.15, -0.1) is 0 Å². The Morgan fingerprint density at radius 1 is 0.516 bits per heavy atom. The monoisotopic (exact) mass is 1300 g/mol. The van der Waals surface area contributed by atoms with Gasteiger partial charge >= 0.3 is 29.6 Å². The topological polar surface area (TPSA) is 278 Å². The van der Waals surface area contributed by atoms with E-state index in [-0.39, 0.29) is 57.1 Å². The van der Waals surface area contributed by atoms with Crippen molar-refractivity contribution in [2.45, 2.75) is 40.4 Å². The average molecular weight is 1300 g/mol. The SMILES string of the molecule is CCn1c(-c2cccc(N)c2)c(C#N)c2ccc(OC)cc21.CCn1c(-c2cccc(NC(=S)NC(=O)c3ccccc3)c2)c(C#N)c2ccc(OC)cc21.CCn1c(-c2cccc(NC(N)=S)c2)c(C#N)c2ccc(OC)cc21.O=C(N=C=S)c1ccccc1.[Na+].[OH-]. The molecular weight excluding hydrogens is 1240 g/mol. The molecule has 3 aromatic heterocycles. The summed E-state index contributed by atoms with van der Waals surface area (Å²) in [5.74, 6) is 1.65. The summed E-state index contributed by atoms with van der Waals surface area (Å²) < 4.78 is 22.4. The second-order valence-electron chi connectivity index (χ2n) is 19.8. The number of nitrogen functional groups attached to an aromatic ring is 1. The summed E-state index contributed by atoms with van der Waals surface area (Å²) in [7, 11) is 4.91. The molecule has 0 aliphatic heterocycles. The van der Waals surface area contributed by atoms with Crippen LogP contribution in [0, 0.1) is 34.0 Å². The van der Waals surface area contributed by atoms with Gasteiger partial charge in [-0.2, -0.15) is 20.8 Å². The maximum atomic E-state index is 12.4. The van der Waals surface area contributed by atoms with Crippen LogP contribution in [-0.4, -0.2) is 67.7 Å². The number of hydrogen-bond donors (Lipinski definition) is 5. The minimum absolute atomic E-state index is 0. The number of nitriles is 3. The van der Waals surface area contributed by atoms with Gasteiger partial charge in [-0.1, -0.05) is 72.8 Å². The van der Waals surface area contributed by atoms with Crippen LogP contribution in [0.2, 0.25) is 0 Å². The smallest absolute Gasteiger partial charge is 0.870 e. The number of isothiocyanates is 1. The fourth-order valence-corrected chi connectivity index (χ4v) is 10.9. The summed E-state index contributed by atoms with van der Waals surface area (Å²) >= 11 is 14.5. The summed E-state index contributed by atoms with van der Waals surface area (Å²) in [6.45, 7) is 8.34. The summed E-state index contributed by atoms with van der Waals surface area (Å²) in [6, 6.07) is 64.9. The zero-order valence-electron chi connectivity index (χ0n) is 52.0. The third-order valence-corrected chi connectivity index (χ3v) is 14.9. The van der Waals surface area contributed by atoms with Crippen LogP contribution in [0.4, 0.5) is 17.1 Å². The van der Waals surface area contributed by atoms with Crippen molar-refractivity contribution in [2.24, 2.45) is 10.7 Å². The molecular formula is C71H63N12NaO6S3. The second-order valence-corrected chi connectivity index (χ2v) is 20.8. The van der Waals surface area contributed by atoms with Crippen LogP contribution >= 0.6 is 36.7 Å². The van der Waals surface area contributed by atoms with Gasteiger partial charge in [0.15, 0.2) is 10.2 Å². The standard InChI is InChI=1S/C26H22N4O2S.C19H18N4OS.C18H17N3O.C8H5NOS.Na.H2O/c1-3-30-23-15-20(32-2)12-13-21(23)22(16-27)24(30)18-10-7-11-19(14-18)28-26(33)29-25(31)17-8-5-4-6-9-17;1-3-23-17-10-14(24-2)7-8-15(17)16(11-20)18(23)12-5-4-6-13(9-12)22-19(21)25;1-3-21-17-10-14(22-2)7-8-15(17)16(11-19)18(21)12-5-4-6-13(20)9-12;10-8(9-6-11)7-4-2-1-3-5-7;;/h4-15H,3H2,1-2H3,(H2,28,29,31,33);4-10H,3H2,1-2H3,(H3,21,22,25);4-10H,3,20H2,1-2H3;1-5H;;1H2/q;;;;+1;/p-1. The maximum absolute atomic E-state index is 12.4. The number of aryl methyl sites for hydroxylation is 3. The molecule has 18 nitrogen and oxygen atoms in total. The minimum Gasteiger partial charge on any atom is -0.870 e. The number of hydrogen-bond acceptors (Lipinski definition) is 13. The van der Waals surface area contributed by atoms with Crippen LogP contribution in [0.5, 0.6) is 17.2 Å². The number of benzene rings is 8. The van der Waals surface area contributed by atoms with Crippen LogP contribution in [0.1, 0.15) is 58.2 Å². The Bertz CT molecular complexity index is 4710. The Kier molecular flexibility index (Phi) is 26.3. The van der Waals surface area contributed by atoms with Crippen molar-refractivity contribution in [3.8, 4) is 69.2 Å². The van der Waals surface area contributed by atoms with E-state index >= 15 is 0 Å². The fraction of sp³-hybridized carbons (Fsp3) is 0.127. The van der Waals surface area contributed by atoms with Gasteiger partial charge in [0.1, 0.15) is 35.5 Å². The summed E-state index contributed by atoms with van der Waals surface area (Å²) in [5.41, 5.74) is 24.9. The first-order chi connectivity index (χ1) is 44.2. The number of nitrogens with two attached hydrogens (primary N) is 2. The van der Waals surface area contributed by atoms with Crippen molar-refractivity contribution < 1.29 is 58.8 Å². The molecule has 0 radical (unpaired) electrons. The van der Waals surface area contributed by atoms with Gasteiger partial charge in [-0.05, 0) is 154 Å². The van der Waals surface area contributed by atoms with Gasteiger partial charge in [-0.3, -0.25) is 14.9 Å². The molecule has 0 unspecified atom stereocenters. The van der Waals surface area contributed by atoms with E-state index in [1.807, 2.05) is 152 Å². The number of anilines is 3. The number of fused-ring (bicyclic) bond motifs is 3. The van der Waals surface area contributed by atoms with Gasteiger partial charge in [0.05, 0.1) is 76.8 Å². The number of aliphatic imine (C=N–C) groups is 1. The Labute approximate surface area is 576 Å². The summed E-state index contributed by atoms with van der Waals surface area (Å²) in [4.78, 5) is 26.6. The molecule has 3 heterocycles. The van der Waals surface area contributed by atoms with Gasteiger partial charge < -0.3 is 55.5 Å². The van der Waals surface area contributed by atoms with Gasteiger partial charge in [0.2, 0.25) is 0 Å². The zero-order valence-corrected chi connectivity index (χ0v) is 56.5. The number of carbonyl (C=O) groups excluding carboxylic acids is 2. The molecule has 0 fully saturated rings. The van der Waals surface area contributed by atoms with Crippen molar-refractivity contribution in [1.82, 2.24) is 19.0 Å². The molecule has 0 atom stereocenters. The number of amides is 2. The Hall–Kier alpha value is -10.5. The molecule has 11 aromatic rings. The normalized spacial score (nSPS) is 10.0. The van der Waals surface area contributed by atoms with Crippen molar-refractivity contribution in [1.29, 1.82) is 15.8 Å². The molecule has 0 aliphatic carbocycles. The summed E-state index contributed by atoms with van der Waals surface area (Å²) in [5, 5.41) is 43.2. The third-order valence-electron chi connectivity index (χ3n) is 14.5. The first kappa shape index (κ1) is 71.6. The van der Waals surface area contributed by atoms with E-state index in [1.54, 1.807) is 69.9 Å². The van der Waals surface area contributed by atoms with Gasteiger partial charge in [0, 0.05) is 98.9 Å². The van der Waals surface area contributed by atoms with Crippen molar-refractivity contribution in [3.63, 3.8) is 0 Å². The first-order valence-electron chi connectivity index (χ1n) is 28.5. The van der Waals surface area contributed by atoms with Crippen molar-refractivity contribution >= 4 is 114 Å². The number of ether oxygens (including phenoxy) is 3.